The van der Waals surface area contributed by atoms with Crippen LogP contribution in [0.3, 0.4) is 0 Å². The Balaban J connectivity index is 1.67. The average molecular weight is 316 g/mol. The third kappa shape index (κ3) is 3.53. The van der Waals surface area contributed by atoms with Gasteiger partial charge in [-0.2, -0.15) is 5.26 Å². The van der Waals surface area contributed by atoms with E-state index in [0.717, 1.165) is 10.8 Å². The summed E-state index contributed by atoms with van der Waals surface area (Å²) < 4.78 is 5.74. The Labute approximate surface area is 140 Å². The Bertz CT molecular complexity index is 911. The molecule has 1 amide bonds. The van der Waals surface area contributed by atoms with E-state index in [1.807, 2.05) is 48.5 Å². The Morgan fingerprint density at radius 3 is 2.46 bits per heavy atom. The number of nitriles is 1. The molecule has 1 atom stereocenters. The molecule has 1 N–H and O–H groups in total. The quantitative estimate of drug-likeness (QED) is 0.787. The van der Waals surface area contributed by atoms with E-state index in [1.54, 1.807) is 31.2 Å². The summed E-state index contributed by atoms with van der Waals surface area (Å²) in [4.78, 5) is 12.2. The molecule has 1 unspecified atom stereocenters. The van der Waals surface area contributed by atoms with E-state index < -0.39 is 6.10 Å². The molecule has 0 aliphatic heterocycles. The first-order valence-electron chi connectivity index (χ1n) is 7.62. The Kier molecular flexibility index (Phi) is 4.44. The summed E-state index contributed by atoms with van der Waals surface area (Å²) in [5.41, 5.74) is 1.18. The van der Waals surface area contributed by atoms with Gasteiger partial charge in [0.15, 0.2) is 6.10 Å². The lowest BCUT2D eigenvalue weighted by Crippen LogP contribution is -2.30. The third-order valence-electron chi connectivity index (χ3n) is 3.68. The van der Waals surface area contributed by atoms with Crippen molar-refractivity contribution < 1.29 is 9.53 Å². The van der Waals surface area contributed by atoms with E-state index in [2.05, 4.69) is 5.32 Å². The number of hydrogen-bond acceptors (Lipinski definition) is 3. The van der Waals surface area contributed by atoms with Crippen molar-refractivity contribution in [2.75, 3.05) is 5.32 Å². The minimum atomic E-state index is -0.637. The fourth-order valence-electron chi connectivity index (χ4n) is 2.37. The summed E-state index contributed by atoms with van der Waals surface area (Å²) in [5, 5.41) is 13.7. The molecule has 0 bridgehead atoms. The number of carbonyl (C=O) groups is 1. The maximum Gasteiger partial charge on any atom is 0.265 e. The number of nitrogens with one attached hydrogen (secondary N) is 1. The molecule has 0 spiro atoms. The van der Waals surface area contributed by atoms with Crippen molar-refractivity contribution in [2.24, 2.45) is 0 Å². The molecule has 0 saturated heterocycles. The highest BCUT2D eigenvalue weighted by Crippen LogP contribution is 2.21. The van der Waals surface area contributed by atoms with E-state index in [4.69, 9.17) is 10.00 Å². The molecule has 0 heterocycles. The summed E-state index contributed by atoms with van der Waals surface area (Å²) >= 11 is 0. The van der Waals surface area contributed by atoms with Gasteiger partial charge >= 0.3 is 0 Å². The van der Waals surface area contributed by atoms with Crippen LogP contribution in [0.4, 0.5) is 5.69 Å². The highest BCUT2D eigenvalue weighted by molar-refractivity contribution is 5.94. The van der Waals surface area contributed by atoms with E-state index in [9.17, 15) is 4.79 Å². The molecule has 0 aliphatic rings. The molecule has 0 radical (unpaired) electrons. The van der Waals surface area contributed by atoms with E-state index in [1.165, 1.54) is 0 Å². The number of anilines is 1. The first-order valence-corrected chi connectivity index (χ1v) is 7.62. The normalized spacial score (nSPS) is 11.5. The Hall–Kier alpha value is -3.32. The molecular formula is C20H16N2O2. The van der Waals surface area contributed by atoms with Gasteiger partial charge in [0.25, 0.3) is 5.91 Å². The number of nitrogens with zero attached hydrogens (tertiary/aromatic N) is 1. The van der Waals surface area contributed by atoms with Gasteiger partial charge < -0.3 is 10.1 Å². The number of ether oxygens (including phenoxy) is 1. The zero-order valence-electron chi connectivity index (χ0n) is 13.2. The van der Waals surface area contributed by atoms with Crippen LogP contribution in [0.15, 0.2) is 66.7 Å². The fourth-order valence-corrected chi connectivity index (χ4v) is 2.37. The molecule has 4 heteroatoms. The first kappa shape index (κ1) is 15.6. The highest BCUT2D eigenvalue weighted by atomic mass is 16.5. The van der Waals surface area contributed by atoms with Crippen LogP contribution in [0.5, 0.6) is 5.75 Å². The molecule has 4 nitrogen and oxygen atoms in total. The summed E-state index contributed by atoms with van der Waals surface area (Å²) in [6.45, 7) is 1.70. The van der Waals surface area contributed by atoms with Crippen molar-refractivity contribution in [2.45, 2.75) is 13.0 Å². The topological polar surface area (TPSA) is 62.1 Å². The lowest BCUT2D eigenvalue weighted by molar-refractivity contribution is -0.122. The van der Waals surface area contributed by atoms with E-state index in [0.29, 0.717) is 17.0 Å². The Morgan fingerprint density at radius 1 is 1.04 bits per heavy atom. The standard InChI is InChI=1S/C20H16N2O2/c1-14(20(23)22-18-9-6-15(13-21)7-10-18)24-19-11-8-16-4-2-3-5-17(16)12-19/h2-12,14H,1H3,(H,22,23). The average Bonchev–Trinajstić information content (AvgIpc) is 2.62. The maximum absolute atomic E-state index is 12.2. The first-order chi connectivity index (χ1) is 11.7. The summed E-state index contributed by atoms with van der Waals surface area (Å²) in [6.07, 6.45) is -0.637. The highest BCUT2D eigenvalue weighted by Gasteiger charge is 2.15. The second-order valence-corrected chi connectivity index (χ2v) is 5.45. The number of fused-ring (bicyclic) bond motifs is 1. The lowest BCUT2D eigenvalue weighted by atomic mass is 10.1. The van der Waals surface area contributed by atoms with Gasteiger partial charge in [-0.15, -0.1) is 0 Å². The fraction of sp³-hybridized carbons (Fsp3) is 0.100. The van der Waals surface area contributed by atoms with Crippen molar-refractivity contribution >= 4 is 22.4 Å². The SMILES string of the molecule is CC(Oc1ccc2ccccc2c1)C(=O)Nc1ccc(C#N)cc1. The van der Waals surface area contributed by atoms with Gasteiger partial charge in [0, 0.05) is 5.69 Å². The predicted octanol–water partition coefficient (Wildman–Crippen LogP) is 4.12. The summed E-state index contributed by atoms with van der Waals surface area (Å²) in [6, 6.07) is 22.5. The lowest BCUT2D eigenvalue weighted by Gasteiger charge is -2.15. The molecule has 3 aromatic rings. The molecule has 24 heavy (non-hydrogen) atoms. The largest absolute Gasteiger partial charge is 0.481 e. The van der Waals surface area contributed by atoms with Gasteiger partial charge in [0.2, 0.25) is 0 Å². The summed E-state index contributed by atoms with van der Waals surface area (Å²) in [5.74, 6) is 0.407. The van der Waals surface area contributed by atoms with Crippen molar-refractivity contribution in [1.29, 1.82) is 5.26 Å². The number of hydrogen-bond donors (Lipinski definition) is 1. The number of benzene rings is 3. The predicted molar refractivity (Wildman–Crippen MR) is 93.8 cm³/mol. The van der Waals surface area contributed by atoms with Crippen molar-refractivity contribution in [3.63, 3.8) is 0 Å². The molecule has 0 aromatic heterocycles. The van der Waals surface area contributed by atoms with Crippen LogP contribution in [-0.4, -0.2) is 12.0 Å². The molecule has 3 aromatic carbocycles. The van der Waals surface area contributed by atoms with Crippen molar-refractivity contribution in [3.8, 4) is 11.8 Å². The molecule has 118 valence electrons. The smallest absolute Gasteiger partial charge is 0.265 e. The van der Waals surface area contributed by atoms with Gasteiger partial charge in [-0.1, -0.05) is 30.3 Å². The van der Waals surface area contributed by atoms with Gasteiger partial charge in [0.05, 0.1) is 11.6 Å². The van der Waals surface area contributed by atoms with Crippen LogP contribution < -0.4 is 10.1 Å². The third-order valence-corrected chi connectivity index (χ3v) is 3.68. The molecule has 3 rings (SSSR count). The zero-order chi connectivity index (χ0) is 16.9. The van der Waals surface area contributed by atoms with E-state index >= 15 is 0 Å². The second-order valence-electron chi connectivity index (χ2n) is 5.45. The molecule has 0 fully saturated rings. The zero-order valence-corrected chi connectivity index (χ0v) is 13.2. The van der Waals surface area contributed by atoms with Crippen LogP contribution in [-0.2, 0) is 4.79 Å². The van der Waals surface area contributed by atoms with Crippen LogP contribution >= 0.6 is 0 Å². The number of carbonyl (C=O) groups excluding carboxylic acids is 1. The van der Waals surface area contributed by atoms with Crippen LogP contribution in [0, 0.1) is 11.3 Å². The van der Waals surface area contributed by atoms with Crippen LogP contribution in [0.1, 0.15) is 12.5 Å². The van der Waals surface area contributed by atoms with Gasteiger partial charge in [0.1, 0.15) is 5.75 Å². The van der Waals surface area contributed by atoms with Crippen LogP contribution in [0.2, 0.25) is 0 Å². The monoisotopic (exact) mass is 316 g/mol. The van der Waals surface area contributed by atoms with Gasteiger partial charge in [-0.05, 0) is 54.1 Å². The van der Waals surface area contributed by atoms with Gasteiger partial charge in [-0.3, -0.25) is 4.79 Å². The van der Waals surface area contributed by atoms with E-state index in [-0.39, 0.29) is 5.91 Å². The number of rotatable bonds is 4. The molecule has 0 saturated carbocycles. The summed E-state index contributed by atoms with van der Waals surface area (Å²) in [7, 11) is 0. The Morgan fingerprint density at radius 2 is 1.75 bits per heavy atom. The van der Waals surface area contributed by atoms with Crippen molar-refractivity contribution in [1.82, 2.24) is 0 Å². The maximum atomic E-state index is 12.2. The second kappa shape index (κ2) is 6.84. The van der Waals surface area contributed by atoms with Crippen molar-refractivity contribution in [3.05, 3.63) is 72.3 Å². The van der Waals surface area contributed by atoms with Gasteiger partial charge in [-0.25, -0.2) is 0 Å². The van der Waals surface area contributed by atoms with Crippen LogP contribution in [0.25, 0.3) is 10.8 Å². The number of amides is 1. The molecular weight excluding hydrogens is 300 g/mol. The minimum absolute atomic E-state index is 0.243. The molecule has 0 aliphatic carbocycles. The minimum Gasteiger partial charge on any atom is -0.481 e.